The Hall–Kier alpha value is -1.30. The summed E-state index contributed by atoms with van der Waals surface area (Å²) in [6.45, 7) is 5.13. The Morgan fingerprint density at radius 3 is 2.25 bits per heavy atom. The third kappa shape index (κ3) is 4.37. The molecule has 0 heterocycles. The molecule has 20 heavy (non-hydrogen) atoms. The molecule has 1 rings (SSSR count). The van der Waals surface area contributed by atoms with Gasteiger partial charge in [0.2, 0.25) is 5.91 Å². The van der Waals surface area contributed by atoms with Gasteiger partial charge in [-0.1, -0.05) is 6.07 Å². The number of carbonyl (C=O) groups is 1. The minimum atomic E-state index is -4.84. The third-order valence-corrected chi connectivity index (χ3v) is 2.77. The molecule has 0 fully saturated rings. The third-order valence-electron chi connectivity index (χ3n) is 2.32. The highest BCUT2D eigenvalue weighted by Gasteiger charge is 2.35. The van der Waals surface area contributed by atoms with Crippen LogP contribution < -0.4 is 5.32 Å². The topological polar surface area (TPSA) is 29.1 Å². The Kier molecular flexibility index (Phi) is 4.69. The summed E-state index contributed by atoms with van der Waals surface area (Å²) < 4.78 is 50.9. The smallest absolute Gasteiger partial charge is 0.350 e. The molecule has 0 aliphatic carbocycles. The molecule has 112 valence electrons. The Morgan fingerprint density at radius 1 is 1.25 bits per heavy atom. The minimum absolute atomic E-state index is 0.109. The molecule has 0 aromatic heterocycles. The lowest BCUT2D eigenvalue weighted by molar-refractivity contribution is -0.140. The van der Waals surface area contributed by atoms with Gasteiger partial charge in [-0.3, -0.25) is 4.79 Å². The second-order valence-corrected chi connectivity index (χ2v) is 5.78. The molecule has 1 aromatic rings. The number of hydrogen-bond acceptors (Lipinski definition) is 1. The van der Waals surface area contributed by atoms with Gasteiger partial charge >= 0.3 is 6.18 Å². The molecule has 0 spiro atoms. The summed E-state index contributed by atoms with van der Waals surface area (Å²) in [7, 11) is 0. The Labute approximate surface area is 119 Å². The quantitative estimate of drug-likeness (QED) is 0.648. The molecule has 1 N–H and O–H groups in total. The van der Waals surface area contributed by atoms with E-state index in [-0.39, 0.29) is 5.56 Å². The SMILES string of the molecule is CC(C)(C)NC(=O)C(Cl)c1ccc(F)c(C(F)(F)F)c1. The monoisotopic (exact) mass is 311 g/mol. The van der Waals surface area contributed by atoms with Crippen LogP contribution in [0.1, 0.15) is 37.3 Å². The van der Waals surface area contributed by atoms with Crippen LogP contribution in [0.5, 0.6) is 0 Å². The molecule has 1 unspecified atom stereocenters. The largest absolute Gasteiger partial charge is 0.419 e. The van der Waals surface area contributed by atoms with Gasteiger partial charge in [-0.25, -0.2) is 4.39 Å². The number of benzene rings is 1. The van der Waals surface area contributed by atoms with Crippen molar-refractivity contribution in [3.05, 3.63) is 35.1 Å². The first-order chi connectivity index (χ1) is 8.92. The van der Waals surface area contributed by atoms with Crippen LogP contribution in [-0.4, -0.2) is 11.4 Å². The van der Waals surface area contributed by atoms with E-state index in [1.807, 2.05) is 0 Å². The molecule has 0 saturated carbocycles. The molecule has 1 amide bonds. The number of rotatable bonds is 2. The zero-order chi connectivity index (χ0) is 15.7. The number of amides is 1. The minimum Gasteiger partial charge on any atom is -0.350 e. The van der Waals surface area contributed by atoms with E-state index in [1.54, 1.807) is 20.8 Å². The maximum atomic E-state index is 13.1. The van der Waals surface area contributed by atoms with Gasteiger partial charge in [-0.15, -0.1) is 11.6 Å². The van der Waals surface area contributed by atoms with Crippen LogP contribution >= 0.6 is 11.6 Å². The van der Waals surface area contributed by atoms with E-state index in [4.69, 9.17) is 11.6 Å². The van der Waals surface area contributed by atoms with E-state index >= 15 is 0 Å². The van der Waals surface area contributed by atoms with Gasteiger partial charge < -0.3 is 5.32 Å². The Morgan fingerprint density at radius 2 is 1.80 bits per heavy atom. The van der Waals surface area contributed by atoms with Crippen molar-refractivity contribution in [2.24, 2.45) is 0 Å². The first-order valence-corrected chi connectivity index (χ1v) is 6.18. The highest BCUT2D eigenvalue weighted by molar-refractivity contribution is 6.30. The van der Waals surface area contributed by atoms with E-state index in [0.29, 0.717) is 12.1 Å². The lowest BCUT2D eigenvalue weighted by Crippen LogP contribution is -2.42. The fraction of sp³-hybridized carbons (Fsp3) is 0.462. The lowest BCUT2D eigenvalue weighted by Gasteiger charge is -2.23. The second-order valence-electron chi connectivity index (χ2n) is 5.34. The molecular weight excluding hydrogens is 298 g/mol. The van der Waals surface area contributed by atoms with Gasteiger partial charge in [-0.05, 0) is 38.5 Å². The van der Waals surface area contributed by atoms with E-state index < -0.39 is 34.4 Å². The highest BCUT2D eigenvalue weighted by atomic mass is 35.5. The van der Waals surface area contributed by atoms with Gasteiger partial charge in [0.15, 0.2) is 0 Å². The maximum absolute atomic E-state index is 13.1. The Bertz CT molecular complexity index is 508. The molecule has 2 nitrogen and oxygen atoms in total. The summed E-state index contributed by atoms with van der Waals surface area (Å²) in [5.74, 6) is -2.04. The number of nitrogens with one attached hydrogen (secondary N) is 1. The average Bonchev–Trinajstić information content (AvgIpc) is 2.24. The van der Waals surface area contributed by atoms with Crippen LogP contribution in [0.3, 0.4) is 0 Å². The summed E-state index contributed by atoms with van der Waals surface area (Å²) in [5, 5.41) is 1.22. The molecule has 7 heteroatoms. The van der Waals surface area contributed by atoms with Gasteiger partial charge in [0.25, 0.3) is 0 Å². The number of carbonyl (C=O) groups excluding carboxylic acids is 1. The summed E-state index contributed by atoms with van der Waals surface area (Å²) in [6.07, 6.45) is -4.84. The van der Waals surface area contributed by atoms with Gasteiger partial charge in [0.1, 0.15) is 11.2 Å². The van der Waals surface area contributed by atoms with E-state index in [0.717, 1.165) is 6.07 Å². The highest BCUT2D eigenvalue weighted by Crippen LogP contribution is 2.34. The zero-order valence-corrected chi connectivity index (χ0v) is 11.9. The first kappa shape index (κ1) is 16.8. The van der Waals surface area contributed by atoms with Gasteiger partial charge in [0, 0.05) is 5.54 Å². The van der Waals surface area contributed by atoms with Crippen LogP contribution in [0.2, 0.25) is 0 Å². The lowest BCUT2D eigenvalue weighted by atomic mass is 10.0. The normalized spacial score (nSPS) is 14.0. The average molecular weight is 312 g/mol. The molecule has 0 bridgehead atoms. The fourth-order valence-electron chi connectivity index (χ4n) is 1.50. The summed E-state index contributed by atoms with van der Waals surface area (Å²) in [6, 6.07) is 2.26. The standard InChI is InChI=1S/C13H14ClF4NO/c1-12(2,3)19-11(20)10(14)7-4-5-9(15)8(6-7)13(16,17)18/h4-6,10H,1-3H3,(H,19,20). The van der Waals surface area contributed by atoms with Crippen molar-refractivity contribution in [1.82, 2.24) is 5.32 Å². The van der Waals surface area contributed by atoms with Crippen molar-refractivity contribution < 1.29 is 22.4 Å². The van der Waals surface area contributed by atoms with Crippen LogP contribution in [0.15, 0.2) is 18.2 Å². The van der Waals surface area contributed by atoms with Crippen molar-refractivity contribution >= 4 is 17.5 Å². The van der Waals surface area contributed by atoms with Crippen molar-refractivity contribution in [3.63, 3.8) is 0 Å². The number of halogens is 5. The Balaban J connectivity index is 3.06. The molecule has 0 radical (unpaired) electrons. The first-order valence-electron chi connectivity index (χ1n) is 5.74. The van der Waals surface area contributed by atoms with E-state index in [1.165, 1.54) is 0 Å². The summed E-state index contributed by atoms with van der Waals surface area (Å²) in [4.78, 5) is 11.8. The van der Waals surface area contributed by atoms with Crippen LogP contribution in [-0.2, 0) is 11.0 Å². The molecule has 0 aliphatic rings. The fourth-order valence-corrected chi connectivity index (χ4v) is 1.69. The van der Waals surface area contributed by atoms with Crippen molar-refractivity contribution in [2.75, 3.05) is 0 Å². The molecular formula is C13H14ClF4NO. The number of alkyl halides is 4. The van der Waals surface area contributed by atoms with Crippen molar-refractivity contribution in [2.45, 2.75) is 37.9 Å². The predicted octanol–water partition coefficient (Wildman–Crippen LogP) is 4.04. The molecule has 0 saturated heterocycles. The van der Waals surface area contributed by atoms with Crippen LogP contribution in [0, 0.1) is 5.82 Å². The van der Waals surface area contributed by atoms with Crippen LogP contribution in [0.25, 0.3) is 0 Å². The number of hydrogen-bond donors (Lipinski definition) is 1. The molecule has 1 atom stereocenters. The molecule has 0 aliphatic heterocycles. The summed E-state index contributed by atoms with van der Waals surface area (Å²) in [5.41, 5.74) is -2.12. The van der Waals surface area contributed by atoms with Crippen molar-refractivity contribution in [1.29, 1.82) is 0 Å². The molecule has 1 aromatic carbocycles. The zero-order valence-electron chi connectivity index (χ0n) is 11.1. The van der Waals surface area contributed by atoms with Crippen LogP contribution in [0.4, 0.5) is 17.6 Å². The van der Waals surface area contributed by atoms with Gasteiger partial charge in [0.05, 0.1) is 5.56 Å². The van der Waals surface area contributed by atoms with E-state index in [9.17, 15) is 22.4 Å². The summed E-state index contributed by atoms with van der Waals surface area (Å²) >= 11 is 5.84. The van der Waals surface area contributed by atoms with Gasteiger partial charge in [-0.2, -0.15) is 13.2 Å². The van der Waals surface area contributed by atoms with E-state index in [2.05, 4.69) is 5.32 Å². The second kappa shape index (κ2) is 5.60. The maximum Gasteiger partial charge on any atom is 0.419 e. The predicted molar refractivity (Wildman–Crippen MR) is 67.9 cm³/mol. The van der Waals surface area contributed by atoms with Crippen molar-refractivity contribution in [3.8, 4) is 0 Å².